The van der Waals surface area contributed by atoms with E-state index in [1.807, 2.05) is 24.3 Å². The molecule has 0 bridgehead atoms. The number of pyridine rings is 1. The highest BCUT2D eigenvalue weighted by Crippen LogP contribution is 2.29. The Labute approximate surface area is 158 Å². The van der Waals surface area contributed by atoms with E-state index in [0.29, 0.717) is 31.9 Å². The molecule has 0 spiro atoms. The van der Waals surface area contributed by atoms with Gasteiger partial charge in [0.2, 0.25) is 5.91 Å². The number of para-hydroxylation sites is 2. The van der Waals surface area contributed by atoms with Crippen molar-refractivity contribution in [2.75, 3.05) is 49.2 Å². The van der Waals surface area contributed by atoms with Gasteiger partial charge < -0.3 is 19.9 Å². The van der Waals surface area contributed by atoms with E-state index in [0.717, 1.165) is 24.5 Å². The second-order valence-corrected chi connectivity index (χ2v) is 6.26. The van der Waals surface area contributed by atoms with Gasteiger partial charge in [-0.05, 0) is 24.3 Å². The lowest BCUT2D eigenvalue weighted by Crippen LogP contribution is -2.40. The zero-order valence-corrected chi connectivity index (χ0v) is 15.4. The van der Waals surface area contributed by atoms with E-state index < -0.39 is 0 Å². The van der Waals surface area contributed by atoms with E-state index in [1.165, 1.54) is 6.20 Å². The van der Waals surface area contributed by atoms with Gasteiger partial charge in [-0.15, -0.1) is 0 Å². The number of nitrogens with zero attached hydrogens (tertiary/aromatic N) is 3. The molecule has 7 nitrogen and oxygen atoms in total. The number of aromatic nitrogens is 1. The molecule has 0 aliphatic carbocycles. The lowest BCUT2D eigenvalue weighted by Gasteiger charge is -2.33. The van der Waals surface area contributed by atoms with Crippen LogP contribution >= 0.6 is 0 Å². The maximum absolute atomic E-state index is 12.3. The predicted octanol–water partition coefficient (Wildman–Crippen LogP) is 1.70. The summed E-state index contributed by atoms with van der Waals surface area (Å²) in [6.07, 6.45) is 3.14. The third kappa shape index (κ3) is 4.83. The summed E-state index contributed by atoms with van der Waals surface area (Å²) in [4.78, 5) is 32.3. The highest BCUT2D eigenvalue weighted by atomic mass is 16.5. The first kappa shape index (κ1) is 18.8. The van der Waals surface area contributed by atoms with E-state index in [1.54, 1.807) is 30.2 Å². The van der Waals surface area contributed by atoms with Crippen molar-refractivity contribution in [1.82, 2.24) is 10.3 Å². The molecular weight excluding hydrogens is 344 g/mol. The maximum Gasteiger partial charge on any atom is 0.252 e. The maximum atomic E-state index is 12.3. The molecular formula is C20H24N4O3. The predicted molar refractivity (Wildman–Crippen MR) is 104 cm³/mol. The van der Waals surface area contributed by atoms with Gasteiger partial charge in [-0.1, -0.05) is 12.1 Å². The topological polar surface area (TPSA) is 74.8 Å². The average molecular weight is 368 g/mol. The summed E-state index contributed by atoms with van der Waals surface area (Å²) in [5.41, 5.74) is 2.36. The second-order valence-electron chi connectivity index (χ2n) is 6.26. The van der Waals surface area contributed by atoms with E-state index in [-0.39, 0.29) is 11.8 Å². The minimum atomic E-state index is -0.201. The Kier molecular flexibility index (Phi) is 6.38. The number of nitrogens with one attached hydrogen (secondary N) is 1. The van der Waals surface area contributed by atoms with Crippen LogP contribution in [-0.2, 0) is 9.53 Å². The molecule has 142 valence electrons. The summed E-state index contributed by atoms with van der Waals surface area (Å²) in [6, 6.07) is 11.3. The Balaban J connectivity index is 1.69. The highest BCUT2D eigenvalue weighted by Gasteiger charge is 2.20. The fourth-order valence-corrected chi connectivity index (χ4v) is 3.09. The van der Waals surface area contributed by atoms with E-state index in [2.05, 4.69) is 15.2 Å². The van der Waals surface area contributed by atoms with Crippen LogP contribution in [0.5, 0.6) is 0 Å². The van der Waals surface area contributed by atoms with Gasteiger partial charge in [0.25, 0.3) is 5.91 Å². The van der Waals surface area contributed by atoms with Crippen molar-refractivity contribution in [3.8, 4) is 0 Å². The van der Waals surface area contributed by atoms with Crippen LogP contribution in [0.25, 0.3) is 0 Å². The molecule has 3 rings (SSSR count). The van der Waals surface area contributed by atoms with Gasteiger partial charge in [-0.3, -0.25) is 14.6 Å². The molecule has 1 aliphatic heterocycles. The molecule has 7 heteroatoms. The minimum absolute atomic E-state index is 0.0636. The smallest absolute Gasteiger partial charge is 0.252 e. The fraction of sp³-hybridized carbons (Fsp3) is 0.350. The van der Waals surface area contributed by atoms with Crippen LogP contribution in [0, 0.1) is 0 Å². The first-order valence-electron chi connectivity index (χ1n) is 9.05. The summed E-state index contributed by atoms with van der Waals surface area (Å²) < 4.78 is 5.43. The summed E-state index contributed by atoms with van der Waals surface area (Å²) >= 11 is 0. The van der Waals surface area contributed by atoms with Crippen LogP contribution in [0.2, 0.25) is 0 Å². The molecule has 1 saturated heterocycles. The quantitative estimate of drug-likeness (QED) is 0.840. The SMILES string of the molecule is CC(=O)N(CCNC(=O)c1cccnc1)c1ccccc1N1CCOCC1. The second kappa shape index (κ2) is 9.14. The van der Waals surface area contributed by atoms with Crippen molar-refractivity contribution < 1.29 is 14.3 Å². The normalized spacial score (nSPS) is 13.9. The van der Waals surface area contributed by atoms with Gasteiger partial charge in [-0.25, -0.2) is 0 Å². The van der Waals surface area contributed by atoms with Crippen molar-refractivity contribution in [2.45, 2.75) is 6.92 Å². The number of ether oxygens (including phenoxy) is 1. The van der Waals surface area contributed by atoms with Crippen LogP contribution in [0.1, 0.15) is 17.3 Å². The molecule has 1 aromatic heterocycles. The number of anilines is 2. The third-order valence-corrected chi connectivity index (χ3v) is 4.45. The number of hydrogen-bond acceptors (Lipinski definition) is 5. The fourth-order valence-electron chi connectivity index (χ4n) is 3.09. The molecule has 2 aromatic rings. The molecule has 2 amide bonds. The number of hydrogen-bond donors (Lipinski definition) is 1. The lowest BCUT2D eigenvalue weighted by molar-refractivity contribution is -0.116. The lowest BCUT2D eigenvalue weighted by atomic mass is 10.2. The van der Waals surface area contributed by atoms with Crippen molar-refractivity contribution in [1.29, 1.82) is 0 Å². The van der Waals surface area contributed by atoms with Gasteiger partial charge in [-0.2, -0.15) is 0 Å². The molecule has 0 unspecified atom stereocenters. The molecule has 0 radical (unpaired) electrons. The van der Waals surface area contributed by atoms with E-state index in [9.17, 15) is 9.59 Å². The molecule has 1 N–H and O–H groups in total. The van der Waals surface area contributed by atoms with Gasteiger partial charge in [0.1, 0.15) is 0 Å². The first-order valence-corrected chi connectivity index (χ1v) is 9.05. The van der Waals surface area contributed by atoms with Crippen molar-refractivity contribution in [2.24, 2.45) is 0 Å². The van der Waals surface area contributed by atoms with Crippen LogP contribution < -0.4 is 15.1 Å². The van der Waals surface area contributed by atoms with Gasteiger partial charge in [0.15, 0.2) is 0 Å². The van der Waals surface area contributed by atoms with Crippen LogP contribution in [-0.4, -0.2) is 56.2 Å². The Morgan fingerprint density at radius 3 is 2.67 bits per heavy atom. The Bertz CT molecular complexity index is 776. The minimum Gasteiger partial charge on any atom is -0.378 e. The molecule has 27 heavy (non-hydrogen) atoms. The largest absolute Gasteiger partial charge is 0.378 e. The number of carbonyl (C=O) groups is 2. The first-order chi connectivity index (χ1) is 13.2. The molecule has 1 aliphatic rings. The highest BCUT2D eigenvalue weighted by molar-refractivity contribution is 5.96. The summed E-state index contributed by atoms with van der Waals surface area (Å²) in [5.74, 6) is -0.264. The molecule has 0 atom stereocenters. The van der Waals surface area contributed by atoms with Gasteiger partial charge in [0.05, 0.1) is 30.2 Å². The summed E-state index contributed by atoms with van der Waals surface area (Å²) in [7, 11) is 0. The van der Waals surface area contributed by atoms with Crippen LogP contribution in [0.3, 0.4) is 0 Å². The average Bonchev–Trinajstić information content (AvgIpc) is 2.72. The molecule has 2 heterocycles. The third-order valence-electron chi connectivity index (χ3n) is 4.45. The van der Waals surface area contributed by atoms with Gasteiger partial charge in [0, 0.05) is 45.5 Å². The number of amides is 2. The zero-order chi connectivity index (χ0) is 19.1. The zero-order valence-electron chi connectivity index (χ0n) is 15.4. The Morgan fingerprint density at radius 1 is 1.19 bits per heavy atom. The standard InChI is InChI=1S/C20H24N4O3/c1-16(25)24(10-9-22-20(26)17-5-4-8-21-15-17)19-7-3-2-6-18(19)23-11-13-27-14-12-23/h2-8,15H,9-14H2,1H3,(H,22,26). The van der Waals surface area contributed by atoms with Crippen LogP contribution in [0.15, 0.2) is 48.8 Å². The Hall–Kier alpha value is -2.93. The summed E-state index contributed by atoms with van der Waals surface area (Å²) in [5, 5.41) is 2.85. The number of morpholine rings is 1. The van der Waals surface area contributed by atoms with Gasteiger partial charge >= 0.3 is 0 Å². The van der Waals surface area contributed by atoms with Crippen molar-refractivity contribution in [3.05, 3.63) is 54.4 Å². The number of benzene rings is 1. The molecule has 0 saturated carbocycles. The molecule has 1 aromatic carbocycles. The van der Waals surface area contributed by atoms with Crippen molar-refractivity contribution >= 4 is 23.2 Å². The van der Waals surface area contributed by atoms with Crippen molar-refractivity contribution in [3.63, 3.8) is 0 Å². The van der Waals surface area contributed by atoms with E-state index >= 15 is 0 Å². The monoisotopic (exact) mass is 368 g/mol. The number of carbonyl (C=O) groups excluding carboxylic acids is 2. The Morgan fingerprint density at radius 2 is 1.96 bits per heavy atom. The molecule has 1 fully saturated rings. The van der Waals surface area contributed by atoms with E-state index in [4.69, 9.17) is 4.74 Å². The number of rotatable bonds is 6. The van der Waals surface area contributed by atoms with Crippen LogP contribution in [0.4, 0.5) is 11.4 Å². The summed E-state index contributed by atoms with van der Waals surface area (Å²) in [6.45, 7) is 5.22.